The number of halogens is 2. The molecule has 1 heterocycles. The molecule has 2 aromatic rings. The first-order valence-corrected chi connectivity index (χ1v) is 11.1. The van der Waals surface area contributed by atoms with Gasteiger partial charge in [-0.3, -0.25) is 4.79 Å². The zero-order valence-electron chi connectivity index (χ0n) is 13.2. The molecule has 1 aromatic heterocycles. The summed E-state index contributed by atoms with van der Waals surface area (Å²) in [5.41, 5.74) is -0.363. The number of Topliss-reactive ketones (excluding diaryl/α,β-unsaturated/α-hetero) is 1. The van der Waals surface area contributed by atoms with Crippen LogP contribution in [0.3, 0.4) is 0 Å². The zero-order valence-corrected chi connectivity index (χ0v) is 16.4. The highest BCUT2D eigenvalue weighted by atomic mass is 35.5. The third-order valence-electron chi connectivity index (χ3n) is 3.08. The first-order chi connectivity index (χ1) is 11.3. The number of aromatic nitrogens is 2. The Morgan fingerprint density at radius 3 is 2.04 bits per heavy atom. The molecule has 0 saturated carbocycles. The Labute approximate surface area is 154 Å². The number of rotatable bonds is 4. The lowest BCUT2D eigenvalue weighted by atomic mass is 10.0. The van der Waals surface area contributed by atoms with Crippen LogP contribution in [-0.2, 0) is 19.7 Å². The molecule has 1 aromatic carbocycles. The first-order valence-electron chi connectivity index (χ1n) is 6.61. The van der Waals surface area contributed by atoms with Crippen molar-refractivity contribution < 1.29 is 21.6 Å². The van der Waals surface area contributed by atoms with Crippen LogP contribution in [0.4, 0.5) is 0 Å². The second-order valence-corrected chi connectivity index (χ2v) is 9.94. The summed E-state index contributed by atoms with van der Waals surface area (Å²) >= 11 is 12.0. The molecule has 0 amide bonds. The lowest BCUT2D eigenvalue weighted by molar-refractivity contribution is 0.101. The van der Waals surface area contributed by atoms with E-state index < -0.39 is 35.6 Å². The molecule has 7 nitrogen and oxygen atoms in total. The van der Waals surface area contributed by atoms with Gasteiger partial charge >= 0.3 is 0 Å². The molecule has 0 atom stereocenters. The Morgan fingerprint density at radius 1 is 1.00 bits per heavy atom. The fourth-order valence-electron chi connectivity index (χ4n) is 2.05. The summed E-state index contributed by atoms with van der Waals surface area (Å²) in [7, 11) is -7.97. The average molecular weight is 423 g/mol. The molecule has 0 unspecified atom stereocenters. The van der Waals surface area contributed by atoms with Crippen molar-refractivity contribution in [1.29, 1.82) is 0 Å². The van der Waals surface area contributed by atoms with E-state index in [2.05, 4.69) is 9.97 Å². The topological polar surface area (TPSA) is 111 Å². The Kier molecular flexibility index (Phi) is 5.25. The number of carbonyl (C=O) groups is 1. The molecule has 0 N–H and O–H groups in total. The van der Waals surface area contributed by atoms with Crippen LogP contribution in [0.2, 0.25) is 10.0 Å². The van der Waals surface area contributed by atoms with Gasteiger partial charge in [-0.2, -0.15) is 0 Å². The van der Waals surface area contributed by atoms with Gasteiger partial charge in [0.1, 0.15) is 0 Å². The largest absolute Gasteiger partial charge is 0.294 e. The third-order valence-corrected chi connectivity index (χ3v) is 5.47. The number of hydrogen-bond donors (Lipinski definition) is 0. The highest BCUT2D eigenvalue weighted by molar-refractivity contribution is 7.91. The number of nitrogens with zero attached hydrogens (tertiary/aromatic N) is 2. The lowest BCUT2D eigenvalue weighted by Gasteiger charge is -2.13. The minimum Gasteiger partial charge on any atom is -0.294 e. The van der Waals surface area contributed by atoms with E-state index in [0.29, 0.717) is 5.02 Å². The van der Waals surface area contributed by atoms with E-state index in [0.717, 1.165) is 19.4 Å². The predicted octanol–water partition coefficient (Wildman–Crippen LogP) is 2.46. The van der Waals surface area contributed by atoms with Gasteiger partial charge in [0.05, 0.1) is 16.3 Å². The van der Waals surface area contributed by atoms with Gasteiger partial charge in [-0.05, 0) is 25.1 Å². The highest BCUT2D eigenvalue weighted by Crippen LogP contribution is 2.34. The Balaban J connectivity index is 3.07. The van der Waals surface area contributed by atoms with Crippen molar-refractivity contribution in [1.82, 2.24) is 9.97 Å². The summed E-state index contributed by atoms with van der Waals surface area (Å²) in [6.45, 7) is 1.13. The molecule has 11 heteroatoms. The van der Waals surface area contributed by atoms with Gasteiger partial charge in [-0.25, -0.2) is 26.8 Å². The van der Waals surface area contributed by atoms with E-state index in [1.165, 1.54) is 18.2 Å². The molecule has 134 valence electrons. The van der Waals surface area contributed by atoms with Gasteiger partial charge in [0.15, 0.2) is 20.6 Å². The van der Waals surface area contributed by atoms with Crippen molar-refractivity contribution in [3.8, 4) is 11.3 Å². The lowest BCUT2D eigenvalue weighted by Crippen LogP contribution is -2.16. The first kappa shape index (κ1) is 19.8. The van der Waals surface area contributed by atoms with Crippen LogP contribution in [0.1, 0.15) is 17.3 Å². The predicted molar refractivity (Wildman–Crippen MR) is 93.7 cm³/mol. The summed E-state index contributed by atoms with van der Waals surface area (Å²) < 4.78 is 47.9. The second kappa shape index (κ2) is 6.64. The zero-order chi connectivity index (χ0) is 19.2. The minimum absolute atomic E-state index is 0.0765. The number of ketones is 1. The molecule has 0 spiro atoms. The maximum absolute atomic E-state index is 12.1. The van der Waals surface area contributed by atoms with Gasteiger partial charge in [-0.1, -0.05) is 23.2 Å². The monoisotopic (exact) mass is 422 g/mol. The van der Waals surface area contributed by atoms with Crippen LogP contribution in [0, 0.1) is 0 Å². The van der Waals surface area contributed by atoms with Crippen LogP contribution >= 0.6 is 23.2 Å². The fourth-order valence-corrected chi connectivity index (χ4v) is 3.98. The summed E-state index contributed by atoms with van der Waals surface area (Å²) in [5.74, 6) is -0.651. The van der Waals surface area contributed by atoms with Gasteiger partial charge < -0.3 is 0 Å². The van der Waals surface area contributed by atoms with Crippen LogP contribution < -0.4 is 0 Å². The van der Waals surface area contributed by atoms with Crippen molar-refractivity contribution in [2.45, 2.75) is 17.1 Å². The van der Waals surface area contributed by atoms with Gasteiger partial charge in [0.25, 0.3) is 0 Å². The molecule has 0 fully saturated rings. The van der Waals surface area contributed by atoms with Crippen molar-refractivity contribution in [2.24, 2.45) is 0 Å². The normalized spacial score (nSPS) is 12.2. The smallest absolute Gasteiger partial charge is 0.248 e. The van der Waals surface area contributed by atoms with E-state index in [1.807, 2.05) is 0 Å². The molecule has 0 radical (unpaired) electrons. The van der Waals surface area contributed by atoms with Crippen LogP contribution in [0.15, 0.2) is 28.4 Å². The summed E-state index contributed by atoms with van der Waals surface area (Å²) in [5, 5.41) is -1.01. The Morgan fingerprint density at radius 2 is 1.60 bits per heavy atom. The maximum atomic E-state index is 12.1. The molecule has 0 aliphatic heterocycles. The number of benzene rings is 1. The molecular weight excluding hydrogens is 411 g/mol. The van der Waals surface area contributed by atoms with Gasteiger partial charge in [0, 0.05) is 23.1 Å². The van der Waals surface area contributed by atoms with Crippen LogP contribution in [0.25, 0.3) is 11.3 Å². The molecule has 0 aliphatic carbocycles. The number of carbonyl (C=O) groups excluding carboxylic acids is 1. The Hall–Kier alpha value is -1.55. The molecule has 0 saturated heterocycles. The molecule has 0 bridgehead atoms. The molecular formula is C14H12Cl2N2O5S2. The fraction of sp³-hybridized carbons (Fsp3) is 0.214. The summed E-state index contributed by atoms with van der Waals surface area (Å²) in [6.07, 6.45) is 1.65. The molecule has 2 rings (SSSR count). The average Bonchev–Trinajstić information content (AvgIpc) is 2.43. The summed E-state index contributed by atoms with van der Waals surface area (Å²) in [4.78, 5) is 19.6. The SMILES string of the molecule is CC(=O)c1c(-c2ccc(Cl)cc2Cl)nc(S(C)(=O)=O)nc1S(C)(=O)=O. The van der Waals surface area contributed by atoms with Crippen molar-refractivity contribution in [3.05, 3.63) is 33.8 Å². The highest BCUT2D eigenvalue weighted by Gasteiger charge is 2.28. The number of hydrogen-bond acceptors (Lipinski definition) is 7. The van der Waals surface area contributed by atoms with Crippen molar-refractivity contribution >= 4 is 48.7 Å². The minimum atomic E-state index is -4.02. The van der Waals surface area contributed by atoms with Crippen molar-refractivity contribution in [3.63, 3.8) is 0 Å². The van der Waals surface area contributed by atoms with E-state index in [1.54, 1.807) is 0 Å². The molecule has 0 aliphatic rings. The van der Waals surface area contributed by atoms with E-state index in [9.17, 15) is 21.6 Å². The Bertz CT molecular complexity index is 1100. The van der Waals surface area contributed by atoms with E-state index in [4.69, 9.17) is 23.2 Å². The maximum Gasteiger partial charge on any atom is 0.248 e. The standard InChI is InChI=1S/C14H12Cl2N2O5S2/c1-7(19)11-12(9-5-4-8(15)6-10(9)16)17-14(25(3,22)23)18-13(11)24(2,20)21/h4-6H,1-3H3. The van der Waals surface area contributed by atoms with Crippen LogP contribution in [-0.4, -0.2) is 45.1 Å². The van der Waals surface area contributed by atoms with Crippen molar-refractivity contribution in [2.75, 3.05) is 12.5 Å². The van der Waals surface area contributed by atoms with E-state index >= 15 is 0 Å². The summed E-state index contributed by atoms with van der Waals surface area (Å²) in [6, 6.07) is 4.23. The second-order valence-electron chi connectivity index (χ2n) is 5.26. The quantitative estimate of drug-likeness (QED) is 0.422. The van der Waals surface area contributed by atoms with E-state index in [-0.39, 0.29) is 21.8 Å². The van der Waals surface area contributed by atoms with Gasteiger partial charge in [0.2, 0.25) is 15.0 Å². The van der Waals surface area contributed by atoms with Crippen LogP contribution in [0.5, 0.6) is 0 Å². The number of sulfone groups is 2. The molecule has 25 heavy (non-hydrogen) atoms. The third kappa shape index (κ3) is 4.17. The van der Waals surface area contributed by atoms with Gasteiger partial charge in [-0.15, -0.1) is 0 Å².